The third-order valence-corrected chi connectivity index (χ3v) is 2.69. The van der Waals surface area contributed by atoms with Gasteiger partial charge in [-0.2, -0.15) is 13.2 Å². The number of thioether (sulfide) groups is 1. The summed E-state index contributed by atoms with van der Waals surface area (Å²) in [5.41, 5.74) is 0.533. The maximum atomic E-state index is 11.8. The maximum Gasteiger partial charge on any atom is 0.411 e. The van der Waals surface area contributed by atoms with Gasteiger partial charge in [-0.1, -0.05) is 23.9 Å². The Morgan fingerprint density at radius 1 is 1.41 bits per heavy atom. The van der Waals surface area contributed by atoms with Crippen molar-refractivity contribution in [3.05, 3.63) is 29.8 Å². The lowest BCUT2D eigenvalue weighted by molar-refractivity contribution is -0.168. The molecule has 94 valence electrons. The Labute approximate surface area is 101 Å². The molecule has 0 aliphatic heterocycles. The van der Waals surface area contributed by atoms with Crippen molar-refractivity contribution in [1.29, 1.82) is 0 Å². The fraction of sp³-hybridized carbons (Fsp3) is 0.364. The van der Waals surface area contributed by atoms with Crippen molar-refractivity contribution in [3.63, 3.8) is 0 Å². The number of ether oxygens (including phenoxy) is 1. The molecule has 0 unspecified atom stereocenters. The van der Waals surface area contributed by atoms with Crippen LogP contribution < -0.4 is 0 Å². The van der Waals surface area contributed by atoms with E-state index in [9.17, 15) is 18.0 Å². The number of halogens is 3. The van der Waals surface area contributed by atoms with Gasteiger partial charge >= 0.3 is 6.18 Å². The van der Waals surface area contributed by atoms with Gasteiger partial charge in [0.1, 0.15) is 6.61 Å². The van der Waals surface area contributed by atoms with E-state index < -0.39 is 12.8 Å². The molecule has 0 heterocycles. The van der Waals surface area contributed by atoms with Gasteiger partial charge in [-0.25, -0.2) is 0 Å². The van der Waals surface area contributed by atoms with Gasteiger partial charge in [-0.15, -0.1) is 0 Å². The summed E-state index contributed by atoms with van der Waals surface area (Å²) in [5.74, 6) is -0.176. The van der Waals surface area contributed by atoms with Crippen LogP contribution in [0.25, 0.3) is 0 Å². The van der Waals surface area contributed by atoms with Crippen LogP contribution in [0.3, 0.4) is 0 Å². The molecular formula is C11H11F3O2S. The molecule has 0 bridgehead atoms. The van der Waals surface area contributed by atoms with E-state index >= 15 is 0 Å². The van der Waals surface area contributed by atoms with Gasteiger partial charge in [0, 0.05) is 10.5 Å². The monoisotopic (exact) mass is 264 g/mol. The average molecular weight is 264 g/mol. The molecule has 0 fully saturated rings. The minimum absolute atomic E-state index is 0.0799. The molecule has 0 saturated heterocycles. The van der Waals surface area contributed by atoms with E-state index in [4.69, 9.17) is 0 Å². The lowest BCUT2D eigenvalue weighted by Crippen LogP contribution is -2.16. The Hall–Kier alpha value is -1.01. The Bertz CT molecular complexity index is 391. The van der Waals surface area contributed by atoms with Gasteiger partial charge in [0.05, 0.1) is 5.94 Å². The topological polar surface area (TPSA) is 26.3 Å². The van der Waals surface area contributed by atoms with E-state index in [1.165, 1.54) is 6.92 Å². The van der Waals surface area contributed by atoms with Crippen molar-refractivity contribution < 1.29 is 22.7 Å². The molecule has 0 radical (unpaired) electrons. The van der Waals surface area contributed by atoms with Crippen molar-refractivity contribution >= 4 is 17.5 Å². The molecule has 1 rings (SSSR count). The zero-order chi connectivity index (χ0) is 12.9. The van der Waals surface area contributed by atoms with Gasteiger partial charge in [-0.05, 0) is 19.1 Å². The maximum absolute atomic E-state index is 11.8. The standard InChI is InChI=1S/C11H11F3O2S/c1-8(15)9-3-2-4-10(5-9)17-7-16-6-11(12,13)14/h2-5H,6-7H2,1H3. The number of carbonyl (C=O) groups is 1. The van der Waals surface area contributed by atoms with Crippen LogP contribution in [0.2, 0.25) is 0 Å². The molecule has 0 aromatic heterocycles. The summed E-state index contributed by atoms with van der Waals surface area (Å²) in [6.45, 7) is 0.177. The SMILES string of the molecule is CC(=O)c1cccc(SCOCC(F)(F)F)c1. The minimum atomic E-state index is -4.30. The van der Waals surface area contributed by atoms with Crippen LogP contribution in [-0.4, -0.2) is 24.5 Å². The molecule has 0 aliphatic carbocycles. The molecule has 1 aromatic carbocycles. The summed E-state index contributed by atoms with van der Waals surface area (Å²) >= 11 is 1.12. The largest absolute Gasteiger partial charge is 0.411 e. The molecule has 0 N–H and O–H groups in total. The summed E-state index contributed by atoms with van der Waals surface area (Å²) in [6, 6.07) is 6.68. The van der Waals surface area contributed by atoms with Gasteiger partial charge < -0.3 is 4.74 Å². The number of alkyl halides is 3. The molecule has 0 saturated carbocycles. The summed E-state index contributed by atoms with van der Waals surface area (Å²) in [4.78, 5) is 11.8. The van der Waals surface area contributed by atoms with Crippen LogP contribution in [-0.2, 0) is 4.74 Å². The van der Waals surface area contributed by atoms with Gasteiger partial charge in [0.25, 0.3) is 0 Å². The zero-order valence-electron chi connectivity index (χ0n) is 9.08. The quantitative estimate of drug-likeness (QED) is 0.352. The van der Waals surface area contributed by atoms with E-state index in [1.54, 1.807) is 24.3 Å². The normalized spacial score (nSPS) is 11.5. The van der Waals surface area contributed by atoms with E-state index in [2.05, 4.69) is 4.74 Å². The zero-order valence-corrected chi connectivity index (χ0v) is 9.90. The Kier molecular flexibility index (Phi) is 5.02. The number of ketones is 1. The van der Waals surface area contributed by atoms with Crippen molar-refractivity contribution in [3.8, 4) is 0 Å². The predicted molar refractivity (Wildman–Crippen MR) is 59.2 cm³/mol. The van der Waals surface area contributed by atoms with Crippen LogP contribution in [0, 0.1) is 0 Å². The fourth-order valence-corrected chi connectivity index (χ4v) is 1.76. The number of hydrogen-bond acceptors (Lipinski definition) is 3. The highest BCUT2D eigenvalue weighted by molar-refractivity contribution is 7.99. The second-order valence-electron chi connectivity index (χ2n) is 3.31. The lowest BCUT2D eigenvalue weighted by atomic mass is 10.2. The Balaban J connectivity index is 2.42. The van der Waals surface area contributed by atoms with Crippen LogP contribution >= 0.6 is 11.8 Å². The Morgan fingerprint density at radius 2 is 2.12 bits per heavy atom. The van der Waals surface area contributed by atoms with Gasteiger partial charge in [0.15, 0.2) is 5.78 Å². The molecule has 0 aliphatic rings. The molecule has 0 spiro atoms. The number of rotatable bonds is 5. The first-order chi connectivity index (χ1) is 7.88. The second-order valence-corrected chi connectivity index (χ2v) is 4.31. The molecule has 2 nitrogen and oxygen atoms in total. The molecule has 6 heteroatoms. The van der Waals surface area contributed by atoms with Crippen molar-refractivity contribution in [2.75, 3.05) is 12.5 Å². The highest BCUT2D eigenvalue weighted by Crippen LogP contribution is 2.21. The molecular weight excluding hydrogens is 253 g/mol. The van der Waals surface area contributed by atoms with Crippen molar-refractivity contribution in [2.24, 2.45) is 0 Å². The highest BCUT2D eigenvalue weighted by atomic mass is 32.2. The van der Waals surface area contributed by atoms with E-state index in [0.717, 1.165) is 11.8 Å². The third-order valence-electron chi connectivity index (χ3n) is 1.82. The molecule has 17 heavy (non-hydrogen) atoms. The number of Topliss-reactive ketones (excluding diaryl/α,β-unsaturated/α-hetero) is 1. The predicted octanol–water partition coefficient (Wildman–Crippen LogP) is 3.52. The first-order valence-electron chi connectivity index (χ1n) is 4.77. The number of carbonyl (C=O) groups excluding carboxylic acids is 1. The van der Waals surface area contributed by atoms with Crippen molar-refractivity contribution in [1.82, 2.24) is 0 Å². The average Bonchev–Trinajstić information content (AvgIpc) is 2.23. The summed E-state index contributed by atoms with van der Waals surface area (Å²) in [5, 5.41) is 0. The van der Waals surface area contributed by atoms with E-state index in [1.807, 2.05) is 0 Å². The van der Waals surface area contributed by atoms with E-state index in [0.29, 0.717) is 10.5 Å². The van der Waals surface area contributed by atoms with Gasteiger partial charge in [-0.3, -0.25) is 4.79 Å². The molecule has 1 aromatic rings. The number of hydrogen-bond donors (Lipinski definition) is 0. The smallest absolute Gasteiger partial charge is 0.361 e. The summed E-state index contributed by atoms with van der Waals surface area (Å²) in [7, 11) is 0. The highest BCUT2D eigenvalue weighted by Gasteiger charge is 2.27. The molecule has 0 amide bonds. The van der Waals surface area contributed by atoms with Crippen molar-refractivity contribution in [2.45, 2.75) is 18.0 Å². The number of benzene rings is 1. The van der Waals surface area contributed by atoms with Crippen LogP contribution in [0.5, 0.6) is 0 Å². The van der Waals surface area contributed by atoms with Crippen LogP contribution in [0.15, 0.2) is 29.2 Å². The summed E-state index contributed by atoms with van der Waals surface area (Å²) in [6.07, 6.45) is -4.30. The Morgan fingerprint density at radius 3 is 2.71 bits per heavy atom. The minimum Gasteiger partial charge on any atom is -0.361 e. The first-order valence-corrected chi connectivity index (χ1v) is 5.75. The summed E-state index contributed by atoms with van der Waals surface area (Å²) < 4.78 is 39.8. The van der Waals surface area contributed by atoms with Crippen LogP contribution in [0.1, 0.15) is 17.3 Å². The molecule has 0 atom stereocenters. The van der Waals surface area contributed by atoms with E-state index in [-0.39, 0.29) is 11.7 Å². The third kappa shape index (κ3) is 5.74. The first kappa shape index (κ1) is 14.1. The second kappa shape index (κ2) is 6.07. The fourth-order valence-electron chi connectivity index (χ4n) is 1.07. The van der Waals surface area contributed by atoms with Gasteiger partial charge in [0.2, 0.25) is 0 Å². The lowest BCUT2D eigenvalue weighted by Gasteiger charge is -2.07. The van der Waals surface area contributed by atoms with Crippen LogP contribution in [0.4, 0.5) is 13.2 Å².